The van der Waals surface area contributed by atoms with E-state index < -0.39 is 12.0 Å². The van der Waals surface area contributed by atoms with E-state index in [0.717, 1.165) is 42.8 Å². The van der Waals surface area contributed by atoms with Gasteiger partial charge in [0.25, 0.3) is 0 Å². The number of hydrogen-bond acceptors (Lipinski definition) is 4. The first-order valence-electron chi connectivity index (χ1n) is 10.4. The summed E-state index contributed by atoms with van der Waals surface area (Å²) in [5, 5.41) is 17.2. The molecule has 1 saturated carbocycles. The Morgan fingerprint density at radius 1 is 1.17 bits per heavy atom. The van der Waals surface area contributed by atoms with Gasteiger partial charge in [0.05, 0.1) is 29.3 Å². The van der Waals surface area contributed by atoms with Crippen LogP contribution in [0.2, 0.25) is 0 Å². The molecule has 0 spiro atoms. The minimum Gasteiger partial charge on any atom is -0.480 e. The number of hydrogen-bond donors (Lipinski definition) is 2. The summed E-state index contributed by atoms with van der Waals surface area (Å²) in [6.07, 6.45) is 4.95. The number of carbonyl (C=O) groups is 2. The minimum absolute atomic E-state index is 0.105. The van der Waals surface area contributed by atoms with Crippen molar-refractivity contribution in [3.8, 4) is 5.69 Å². The molecular weight excluding hydrogens is 368 g/mol. The van der Waals surface area contributed by atoms with Crippen LogP contribution in [0, 0.1) is 19.8 Å². The molecule has 1 aromatic heterocycles. The number of benzene rings is 1. The second kappa shape index (κ2) is 7.99. The predicted molar refractivity (Wildman–Crippen MR) is 110 cm³/mol. The molecule has 2 N–H and O–H groups in total. The molecule has 154 valence electrons. The Morgan fingerprint density at radius 3 is 2.62 bits per heavy atom. The van der Waals surface area contributed by atoms with Gasteiger partial charge < -0.3 is 10.4 Å². The predicted octanol–water partition coefficient (Wildman–Crippen LogP) is 3.15. The van der Waals surface area contributed by atoms with Crippen molar-refractivity contribution < 1.29 is 14.7 Å². The van der Waals surface area contributed by atoms with Crippen LogP contribution in [0.4, 0.5) is 5.69 Å². The number of aliphatic carboxylic acids is 1. The molecule has 0 bridgehead atoms. The van der Waals surface area contributed by atoms with Crippen molar-refractivity contribution in [3.63, 3.8) is 0 Å². The van der Waals surface area contributed by atoms with Gasteiger partial charge >= 0.3 is 5.97 Å². The highest BCUT2D eigenvalue weighted by Crippen LogP contribution is 2.39. The molecule has 2 fully saturated rings. The SMILES string of the molecule is Cc1nn(-c2ccccc2)c(C)c1NC(=O)CN1C(C(=O)O)CC2CCCCC21. The van der Waals surface area contributed by atoms with Crippen molar-refractivity contribution in [2.75, 3.05) is 11.9 Å². The van der Waals surface area contributed by atoms with E-state index in [1.807, 2.05) is 53.8 Å². The molecule has 0 radical (unpaired) electrons. The maximum absolute atomic E-state index is 12.9. The molecular formula is C22H28N4O3. The molecule has 3 atom stereocenters. The average Bonchev–Trinajstić information content (AvgIpc) is 3.21. The summed E-state index contributed by atoms with van der Waals surface area (Å²) in [7, 11) is 0. The Kier molecular flexibility index (Phi) is 5.41. The number of fused-ring (bicyclic) bond motifs is 1. The number of anilines is 1. The van der Waals surface area contributed by atoms with Crippen LogP contribution in [0.3, 0.4) is 0 Å². The lowest BCUT2D eigenvalue weighted by Gasteiger charge is -2.32. The van der Waals surface area contributed by atoms with Crippen molar-refractivity contribution in [2.45, 2.75) is 58.0 Å². The number of carbonyl (C=O) groups excluding carboxylic acids is 1. The molecule has 1 saturated heterocycles. The monoisotopic (exact) mass is 396 g/mol. The van der Waals surface area contributed by atoms with Gasteiger partial charge in [-0.3, -0.25) is 14.5 Å². The number of nitrogens with one attached hydrogen (secondary N) is 1. The highest BCUT2D eigenvalue weighted by molar-refractivity contribution is 5.94. The first kappa shape index (κ1) is 19.6. The first-order valence-corrected chi connectivity index (χ1v) is 10.4. The van der Waals surface area contributed by atoms with Crippen molar-refractivity contribution in [2.24, 2.45) is 5.92 Å². The lowest BCUT2D eigenvalue weighted by Crippen LogP contribution is -2.46. The summed E-state index contributed by atoms with van der Waals surface area (Å²) in [5.74, 6) is -0.611. The highest BCUT2D eigenvalue weighted by atomic mass is 16.4. The quantitative estimate of drug-likeness (QED) is 0.811. The Labute approximate surface area is 170 Å². The Hall–Kier alpha value is -2.67. The van der Waals surface area contributed by atoms with E-state index in [2.05, 4.69) is 10.4 Å². The summed E-state index contributed by atoms with van der Waals surface area (Å²) in [4.78, 5) is 26.6. The van der Waals surface area contributed by atoms with Gasteiger partial charge in [0.1, 0.15) is 6.04 Å². The molecule has 3 unspecified atom stereocenters. The van der Waals surface area contributed by atoms with Crippen LogP contribution in [-0.2, 0) is 9.59 Å². The largest absolute Gasteiger partial charge is 0.480 e. The second-order valence-electron chi connectivity index (χ2n) is 8.22. The molecule has 2 heterocycles. The molecule has 1 aromatic carbocycles. The van der Waals surface area contributed by atoms with E-state index in [1.54, 1.807) is 0 Å². The number of amides is 1. The van der Waals surface area contributed by atoms with Crippen LogP contribution in [0.1, 0.15) is 43.5 Å². The van der Waals surface area contributed by atoms with E-state index in [1.165, 1.54) is 0 Å². The van der Waals surface area contributed by atoms with E-state index in [0.29, 0.717) is 18.0 Å². The van der Waals surface area contributed by atoms with Crippen LogP contribution < -0.4 is 5.32 Å². The highest BCUT2D eigenvalue weighted by Gasteiger charge is 2.45. The number of aryl methyl sites for hydroxylation is 1. The fourth-order valence-corrected chi connectivity index (χ4v) is 5.01. The molecule has 2 aliphatic rings. The zero-order chi connectivity index (χ0) is 20.5. The zero-order valence-corrected chi connectivity index (χ0v) is 17.0. The van der Waals surface area contributed by atoms with Gasteiger partial charge in [-0.25, -0.2) is 4.68 Å². The van der Waals surface area contributed by atoms with Gasteiger partial charge in [0.15, 0.2) is 0 Å². The van der Waals surface area contributed by atoms with Crippen molar-refractivity contribution >= 4 is 17.6 Å². The first-order chi connectivity index (χ1) is 14.0. The molecule has 1 aliphatic carbocycles. The number of carboxylic acid groups (broad SMARTS) is 1. The standard InChI is InChI=1S/C22H28N4O3/c1-14-21(15(2)26(24-14)17-9-4-3-5-10-17)23-20(27)13-25-18-11-7-6-8-16(18)12-19(25)22(28)29/h3-5,9-10,16,18-19H,6-8,11-13H2,1-2H3,(H,23,27)(H,28,29). The third kappa shape index (κ3) is 3.79. The second-order valence-corrected chi connectivity index (χ2v) is 8.22. The van der Waals surface area contributed by atoms with Crippen LogP contribution in [0.5, 0.6) is 0 Å². The number of nitrogens with zero attached hydrogens (tertiary/aromatic N) is 3. The van der Waals surface area contributed by atoms with E-state index in [-0.39, 0.29) is 18.5 Å². The van der Waals surface area contributed by atoms with Gasteiger partial charge in [-0.05, 0) is 51.2 Å². The van der Waals surface area contributed by atoms with Crippen molar-refractivity contribution in [1.29, 1.82) is 0 Å². The van der Waals surface area contributed by atoms with E-state index in [9.17, 15) is 14.7 Å². The van der Waals surface area contributed by atoms with Crippen LogP contribution in [0.15, 0.2) is 30.3 Å². The zero-order valence-electron chi connectivity index (χ0n) is 17.0. The minimum atomic E-state index is -0.823. The smallest absolute Gasteiger partial charge is 0.320 e. The van der Waals surface area contributed by atoms with Crippen molar-refractivity contribution in [3.05, 3.63) is 41.7 Å². The van der Waals surface area contributed by atoms with Crippen LogP contribution in [-0.4, -0.2) is 50.3 Å². The van der Waals surface area contributed by atoms with Crippen molar-refractivity contribution in [1.82, 2.24) is 14.7 Å². The maximum Gasteiger partial charge on any atom is 0.320 e. The van der Waals surface area contributed by atoms with Crippen LogP contribution >= 0.6 is 0 Å². The maximum atomic E-state index is 12.9. The molecule has 1 aliphatic heterocycles. The number of carboxylic acids is 1. The Balaban J connectivity index is 1.51. The van der Waals surface area contributed by atoms with Crippen LogP contribution in [0.25, 0.3) is 5.69 Å². The van der Waals surface area contributed by atoms with Gasteiger partial charge in [0.2, 0.25) is 5.91 Å². The topological polar surface area (TPSA) is 87.5 Å². The van der Waals surface area contributed by atoms with Gasteiger partial charge in [-0.15, -0.1) is 0 Å². The molecule has 2 aromatic rings. The summed E-state index contributed by atoms with van der Waals surface area (Å²) < 4.78 is 1.82. The summed E-state index contributed by atoms with van der Waals surface area (Å²) >= 11 is 0. The summed E-state index contributed by atoms with van der Waals surface area (Å²) in [6, 6.07) is 9.42. The fourth-order valence-electron chi connectivity index (χ4n) is 5.01. The number of para-hydroxylation sites is 1. The van der Waals surface area contributed by atoms with Gasteiger partial charge in [-0.1, -0.05) is 31.0 Å². The van der Waals surface area contributed by atoms with E-state index >= 15 is 0 Å². The molecule has 7 nitrogen and oxygen atoms in total. The Morgan fingerprint density at radius 2 is 1.90 bits per heavy atom. The van der Waals surface area contributed by atoms with Gasteiger partial charge in [-0.2, -0.15) is 5.10 Å². The number of aromatic nitrogens is 2. The molecule has 4 rings (SSSR count). The molecule has 1 amide bonds. The van der Waals surface area contributed by atoms with E-state index in [4.69, 9.17) is 0 Å². The van der Waals surface area contributed by atoms with Gasteiger partial charge in [0, 0.05) is 6.04 Å². The summed E-state index contributed by atoms with van der Waals surface area (Å²) in [6.45, 7) is 3.90. The normalized spacial score (nSPS) is 24.3. The average molecular weight is 396 g/mol. The number of likely N-dealkylation sites (tertiary alicyclic amines) is 1. The lowest BCUT2D eigenvalue weighted by molar-refractivity contribution is -0.143. The molecule has 7 heteroatoms. The summed E-state index contributed by atoms with van der Waals surface area (Å²) in [5.41, 5.74) is 3.23. The lowest BCUT2D eigenvalue weighted by atomic mass is 9.85. The third-order valence-electron chi connectivity index (χ3n) is 6.39. The Bertz CT molecular complexity index is 908. The number of rotatable bonds is 5. The fraction of sp³-hybridized carbons (Fsp3) is 0.500. The third-order valence-corrected chi connectivity index (χ3v) is 6.39. The molecule has 29 heavy (non-hydrogen) atoms.